The Hall–Kier alpha value is -2.88. The smallest absolute Gasteiger partial charge is 0.226 e. The van der Waals surface area contributed by atoms with E-state index in [-0.39, 0.29) is 17.8 Å². The molecule has 1 unspecified atom stereocenters. The lowest BCUT2D eigenvalue weighted by Gasteiger charge is -2.21. The monoisotopic (exact) mass is 322 g/mol. The van der Waals surface area contributed by atoms with Gasteiger partial charge in [-0.3, -0.25) is 4.79 Å². The summed E-state index contributed by atoms with van der Waals surface area (Å²) in [7, 11) is 0. The first-order valence-electron chi connectivity index (χ1n) is 7.87. The number of halogens is 1. The topological polar surface area (TPSA) is 34.0 Å². The Bertz CT molecular complexity index is 810. The molecule has 0 radical (unpaired) electrons. The Balaban J connectivity index is 1.81. The van der Waals surface area contributed by atoms with Crippen LogP contribution in [0.5, 0.6) is 0 Å². The fourth-order valence-electron chi connectivity index (χ4n) is 2.81. The molecule has 1 heterocycles. The highest BCUT2D eigenvalue weighted by Crippen LogP contribution is 2.26. The summed E-state index contributed by atoms with van der Waals surface area (Å²) in [6, 6.07) is 17.7. The maximum Gasteiger partial charge on any atom is 0.226 e. The minimum atomic E-state index is -0.321. The minimum absolute atomic E-state index is 0.0818. The maximum atomic E-state index is 13.0. The first kappa shape index (κ1) is 16.0. The number of nitrogens with one attached hydrogen (secondary N) is 1. The number of carbonyl (C=O) groups excluding carboxylic acids is 1. The Morgan fingerprint density at radius 3 is 2.38 bits per heavy atom. The van der Waals surface area contributed by atoms with Crippen molar-refractivity contribution < 1.29 is 9.18 Å². The van der Waals surface area contributed by atoms with E-state index >= 15 is 0 Å². The molecule has 24 heavy (non-hydrogen) atoms. The molecule has 1 atom stereocenters. The average molecular weight is 322 g/mol. The second-order valence-electron chi connectivity index (χ2n) is 5.76. The van der Waals surface area contributed by atoms with Crippen molar-refractivity contribution in [1.29, 1.82) is 0 Å². The first-order chi connectivity index (χ1) is 11.6. The van der Waals surface area contributed by atoms with Crippen LogP contribution in [0.2, 0.25) is 0 Å². The summed E-state index contributed by atoms with van der Waals surface area (Å²) in [4.78, 5) is 12.5. The van der Waals surface area contributed by atoms with Crippen molar-refractivity contribution in [2.24, 2.45) is 0 Å². The van der Waals surface area contributed by atoms with Crippen LogP contribution in [0.15, 0.2) is 73.1 Å². The lowest BCUT2D eigenvalue weighted by atomic mass is 9.98. The van der Waals surface area contributed by atoms with E-state index < -0.39 is 0 Å². The quantitative estimate of drug-likeness (QED) is 0.734. The van der Waals surface area contributed by atoms with Crippen molar-refractivity contribution in [2.45, 2.75) is 19.4 Å². The SMILES string of the molecule is Cc1ccccc1C(CC(=O)Nc1ccc(F)cc1)n1cccc1. The summed E-state index contributed by atoms with van der Waals surface area (Å²) in [6.45, 7) is 2.05. The van der Waals surface area contributed by atoms with Gasteiger partial charge >= 0.3 is 0 Å². The summed E-state index contributed by atoms with van der Waals surface area (Å²) in [5, 5.41) is 2.83. The number of anilines is 1. The van der Waals surface area contributed by atoms with E-state index in [0.29, 0.717) is 12.1 Å². The summed E-state index contributed by atoms with van der Waals surface area (Å²) >= 11 is 0. The van der Waals surface area contributed by atoms with E-state index in [0.717, 1.165) is 11.1 Å². The third kappa shape index (κ3) is 3.71. The zero-order chi connectivity index (χ0) is 16.9. The lowest BCUT2D eigenvalue weighted by Crippen LogP contribution is -2.20. The van der Waals surface area contributed by atoms with Gasteiger partial charge < -0.3 is 9.88 Å². The van der Waals surface area contributed by atoms with Crippen LogP contribution in [0.1, 0.15) is 23.6 Å². The van der Waals surface area contributed by atoms with Crippen LogP contribution in [0.25, 0.3) is 0 Å². The number of carbonyl (C=O) groups is 1. The average Bonchev–Trinajstić information content (AvgIpc) is 3.10. The van der Waals surface area contributed by atoms with Crippen LogP contribution in [0, 0.1) is 12.7 Å². The zero-order valence-electron chi connectivity index (χ0n) is 13.4. The van der Waals surface area contributed by atoms with Gasteiger partial charge in [0.2, 0.25) is 5.91 Å². The van der Waals surface area contributed by atoms with Crippen molar-refractivity contribution in [3.8, 4) is 0 Å². The van der Waals surface area contributed by atoms with E-state index in [2.05, 4.69) is 5.32 Å². The normalized spacial score (nSPS) is 11.9. The summed E-state index contributed by atoms with van der Waals surface area (Å²) < 4.78 is 15.0. The lowest BCUT2D eigenvalue weighted by molar-refractivity contribution is -0.116. The predicted octanol–water partition coefficient (Wildman–Crippen LogP) is 4.55. The van der Waals surface area contributed by atoms with Crippen LogP contribution >= 0.6 is 0 Å². The first-order valence-corrected chi connectivity index (χ1v) is 7.87. The van der Waals surface area contributed by atoms with Gasteiger partial charge in [-0.25, -0.2) is 4.39 Å². The van der Waals surface area contributed by atoms with Crippen LogP contribution in [-0.4, -0.2) is 10.5 Å². The van der Waals surface area contributed by atoms with Gasteiger partial charge in [-0.05, 0) is 54.4 Å². The zero-order valence-corrected chi connectivity index (χ0v) is 13.4. The molecular formula is C20H19FN2O. The summed E-state index contributed by atoms with van der Waals surface area (Å²) in [6.07, 6.45) is 4.22. The van der Waals surface area contributed by atoms with Gasteiger partial charge in [0.15, 0.2) is 0 Å². The molecule has 4 heteroatoms. The van der Waals surface area contributed by atoms with Crippen LogP contribution in [0.4, 0.5) is 10.1 Å². The number of hydrogen-bond acceptors (Lipinski definition) is 1. The fraction of sp³-hybridized carbons (Fsp3) is 0.150. The highest BCUT2D eigenvalue weighted by atomic mass is 19.1. The van der Waals surface area contributed by atoms with E-state index in [9.17, 15) is 9.18 Å². The molecule has 122 valence electrons. The van der Waals surface area contributed by atoms with Crippen molar-refractivity contribution in [2.75, 3.05) is 5.32 Å². The number of hydrogen-bond donors (Lipinski definition) is 1. The Morgan fingerprint density at radius 2 is 1.71 bits per heavy atom. The van der Waals surface area contributed by atoms with Gasteiger partial charge in [0.05, 0.1) is 12.5 Å². The Morgan fingerprint density at radius 1 is 1.04 bits per heavy atom. The van der Waals surface area contributed by atoms with E-state index in [1.165, 1.54) is 12.1 Å². The highest BCUT2D eigenvalue weighted by molar-refractivity contribution is 5.91. The van der Waals surface area contributed by atoms with Crippen LogP contribution < -0.4 is 5.32 Å². The molecule has 0 bridgehead atoms. The highest BCUT2D eigenvalue weighted by Gasteiger charge is 2.19. The summed E-state index contributed by atoms with van der Waals surface area (Å²) in [5.74, 6) is -0.429. The molecule has 0 aliphatic rings. The standard InChI is InChI=1S/C20H19FN2O/c1-15-6-2-3-7-18(15)19(23-12-4-5-13-23)14-20(24)22-17-10-8-16(21)9-11-17/h2-13,19H,14H2,1H3,(H,22,24). The van der Waals surface area contributed by atoms with Crippen LogP contribution in [-0.2, 0) is 4.79 Å². The third-order valence-corrected chi connectivity index (χ3v) is 4.04. The number of benzene rings is 2. The molecule has 0 saturated heterocycles. The molecule has 1 aromatic heterocycles. The van der Waals surface area contributed by atoms with Crippen molar-refractivity contribution in [1.82, 2.24) is 4.57 Å². The fourth-order valence-corrected chi connectivity index (χ4v) is 2.81. The minimum Gasteiger partial charge on any atom is -0.346 e. The van der Waals surface area contributed by atoms with Gasteiger partial charge in [-0.15, -0.1) is 0 Å². The summed E-state index contributed by atoms with van der Waals surface area (Å²) in [5.41, 5.74) is 2.85. The van der Waals surface area contributed by atoms with Gasteiger partial charge in [-0.2, -0.15) is 0 Å². The molecule has 3 nitrogen and oxygen atoms in total. The predicted molar refractivity (Wildman–Crippen MR) is 93.4 cm³/mol. The second-order valence-corrected chi connectivity index (χ2v) is 5.76. The molecule has 0 aliphatic carbocycles. The van der Waals surface area contributed by atoms with E-state index in [4.69, 9.17) is 0 Å². The number of amides is 1. The molecule has 0 saturated carbocycles. The largest absolute Gasteiger partial charge is 0.346 e. The Labute approximate surface area is 140 Å². The molecule has 0 spiro atoms. The molecule has 0 aliphatic heterocycles. The molecule has 1 amide bonds. The number of rotatable bonds is 5. The van der Waals surface area contributed by atoms with E-state index in [1.807, 2.05) is 60.3 Å². The molecular weight excluding hydrogens is 303 g/mol. The van der Waals surface area contributed by atoms with Crippen molar-refractivity contribution in [3.05, 3.63) is 90.0 Å². The maximum absolute atomic E-state index is 13.0. The molecule has 3 aromatic rings. The van der Waals surface area contributed by atoms with Crippen molar-refractivity contribution >= 4 is 11.6 Å². The van der Waals surface area contributed by atoms with Crippen LogP contribution in [0.3, 0.4) is 0 Å². The Kier molecular flexibility index (Phi) is 4.75. The number of aryl methyl sites for hydroxylation is 1. The third-order valence-electron chi connectivity index (χ3n) is 4.04. The van der Waals surface area contributed by atoms with Gasteiger partial charge in [0.25, 0.3) is 0 Å². The molecule has 3 rings (SSSR count). The van der Waals surface area contributed by atoms with Crippen molar-refractivity contribution in [3.63, 3.8) is 0 Å². The van der Waals surface area contributed by atoms with E-state index in [1.54, 1.807) is 12.1 Å². The molecule has 1 N–H and O–H groups in total. The van der Waals surface area contributed by atoms with Gasteiger partial charge in [-0.1, -0.05) is 24.3 Å². The number of aromatic nitrogens is 1. The second kappa shape index (κ2) is 7.13. The van der Waals surface area contributed by atoms with Gasteiger partial charge in [0.1, 0.15) is 5.82 Å². The number of nitrogens with zero attached hydrogens (tertiary/aromatic N) is 1. The molecule has 0 fully saturated rings. The molecule has 2 aromatic carbocycles. The van der Waals surface area contributed by atoms with Gasteiger partial charge in [0, 0.05) is 18.1 Å².